The summed E-state index contributed by atoms with van der Waals surface area (Å²) in [5.74, 6) is 0. The third-order valence-corrected chi connectivity index (χ3v) is 2.70. The molecule has 0 spiro atoms. The average Bonchev–Trinajstić information content (AvgIpc) is 2.09. The van der Waals surface area contributed by atoms with E-state index in [9.17, 15) is 0 Å². The highest BCUT2D eigenvalue weighted by Crippen LogP contribution is 2.16. The normalized spacial score (nSPS) is 26.0. The smallest absolute Gasteiger partial charge is 0.0220 e. The third-order valence-electron chi connectivity index (χ3n) is 2.70. The molecule has 0 radical (unpaired) electrons. The summed E-state index contributed by atoms with van der Waals surface area (Å²) in [5.41, 5.74) is 0. The molecule has 0 amide bonds. The molecule has 0 aromatic carbocycles. The van der Waals surface area contributed by atoms with E-state index in [4.69, 9.17) is 0 Å². The quantitative estimate of drug-likeness (QED) is 0.687. The van der Waals surface area contributed by atoms with Crippen LogP contribution in [-0.4, -0.2) is 37.6 Å². The van der Waals surface area contributed by atoms with Gasteiger partial charge in [-0.15, -0.1) is 0 Å². The maximum Gasteiger partial charge on any atom is 0.0220 e. The molecular weight excluding hydrogens is 148 g/mol. The molecule has 1 heterocycles. The van der Waals surface area contributed by atoms with E-state index >= 15 is 0 Å². The molecule has 1 rings (SSSR count). The maximum atomic E-state index is 3.28. The van der Waals surface area contributed by atoms with Crippen LogP contribution >= 0.6 is 0 Å². The monoisotopic (exact) mass is 170 g/mol. The van der Waals surface area contributed by atoms with Gasteiger partial charge in [-0.1, -0.05) is 13.3 Å². The first-order valence-corrected chi connectivity index (χ1v) is 5.27. The molecule has 2 heteroatoms. The SMILES string of the molecule is CCCN1CCCC[C@@H]1CNC. The number of piperidine rings is 1. The highest BCUT2D eigenvalue weighted by molar-refractivity contribution is 4.77. The summed E-state index contributed by atoms with van der Waals surface area (Å²) in [7, 11) is 2.05. The van der Waals surface area contributed by atoms with Crippen LogP contribution in [0.15, 0.2) is 0 Å². The summed E-state index contributed by atoms with van der Waals surface area (Å²) in [6.45, 7) is 6.04. The van der Waals surface area contributed by atoms with Crippen LogP contribution in [0.5, 0.6) is 0 Å². The van der Waals surface area contributed by atoms with Crippen LogP contribution in [0.2, 0.25) is 0 Å². The summed E-state index contributed by atoms with van der Waals surface area (Å²) in [6, 6.07) is 0.809. The Morgan fingerprint density at radius 2 is 2.25 bits per heavy atom. The second kappa shape index (κ2) is 5.55. The Labute approximate surface area is 76.3 Å². The number of rotatable bonds is 4. The zero-order chi connectivity index (χ0) is 8.81. The number of nitrogens with one attached hydrogen (secondary N) is 1. The lowest BCUT2D eigenvalue weighted by molar-refractivity contribution is 0.147. The molecule has 1 saturated heterocycles. The Balaban J connectivity index is 2.31. The lowest BCUT2D eigenvalue weighted by Crippen LogP contribution is -2.45. The van der Waals surface area contributed by atoms with Crippen LogP contribution in [0, 0.1) is 0 Å². The molecule has 0 aliphatic carbocycles. The summed E-state index contributed by atoms with van der Waals surface area (Å²) in [5, 5.41) is 3.28. The molecule has 0 bridgehead atoms. The standard InChI is InChI=1S/C10H22N2/c1-3-7-12-8-5-4-6-10(12)9-11-2/h10-11H,3-9H2,1-2H3/t10-/m1/s1. The summed E-state index contributed by atoms with van der Waals surface area (Å²) in [4.78, 5) is 2.64. The van der Waals surface area contributed by atoms with Gasteiger partial charge in [0.2, 0.25) is 0 Å². The molecule has 0 aromatic heterocycles. The summed E-state index contributed by atoms with van der Waals surface area (Å²) < 4.78 is 0. The first-order valence-electron chi connectivity index (χ1n) is 5.27. The Morgan fingerprint density at radius 1 is 1.42 bits per heavy atom. The molecule has 0 aromatic rings. The van der Waals surface area contributed by atoms with E-state index in [2.05, 4.69) is 24.2 Å². The van der Waals surface area contributed by atoms with Gasteiger partial charge in [0.05, 0.1) is 0 Å². The van der Waals surface area contributed by atoms with Crippen LogP contribution in [0.25, 0.3) is 0 Å². The van der Waals surface area contributed by atoms with Crippen molar-refractivity contribution in [1.82, 2.24) is 10.2 Å². The van der Waals surface area contributed by atoms with Crippen molar-refractivity contribution in [3.05, 3.63) is 0 Å². The number of hydrogen-bond donors (Lipinski definition) is 1. The van der Waals surface area contributed by atoms with Crippen molar-refractivity contribution in [3.8, 4) is 0 Å². The van der Waals surface area contributed by atoms with Crippen molar-refractivity contribution in [2.75, 3.05) is 26.7 Å². The Morgan fingerprint density at radius 3 is 2.92 bits per heavy atom. The molecule has 12 heavy (non-hydrogen) atoms. The van der Waals surface area contributed by atoms with Gasteiger partial charge < -0.3 is 5.32 Å². The summed E-state index contributed by atoms with van der Waals surface area (Å²) in [6.07, 6.45) is 5.51. The molecule has 1 atom stereocenters. The zero-order valence-corrected chi connectivity index (χ0v) is 8.47. The van der Waals surface area contributed by atoms with Crippen LogP contribution in [-0.2, 0) is 0 Å². The second-order valence-electron chi connectivity index (χ2n) is 3.74. The van der Waals surface area contributed by atoms with Gasteiger partial charge in [0, 0.05) is 12.6 Å². The van der Waals surface area contributed by atoms with Gasteiger partial charge in [0.25, 0.3) is 0 Å². The van der Waals surface area contributed by atoms with E-state index in [1.807, 2.05) is 0 Å². The predicted molar refractivity (Wildman–Crippen MR) is 53.4 cm³/mol. The topological polar surface area (TPSA) is 15.3 Å². The van der Waals surface area contributed by atoms with E-state index < -0.39 is 0 Å². The van der Waals surface area contributed by atoms with E-state index in [1.165, 1.54) is 45.3 Å². The summed E-state index contributed by atoms with van der Waals surface area (Å²) >= 11 is 0. The average molecular weight is 170 g/mol. The van der Waals surface area contributed by atoms with Gasteiger partial charge in [-0.05, 0) is 39.4 Å². The highest BCUT2D eigenvalue weighted by Gasteiger charge is 2.20. The van der Waals surface area contributed by atoms with E-state index in [0.29, 0.717) is 0 Å². The minimum absolute atomic E-state index is 0.809. The molecule has 1 fully saturated rings. The highest BCUT2D eigenvalue weighted by atomic mass is 15.2. The van der Waals surface area contributed by atoms with Crippen LogP contribution in [0.3, 0.4) is 0 Å². The Kier molecular flexibility index (Phi) is 4.62. The van der Waals surface area contributed by atoms with Crippen LogP contribution in [0.1, 0.15) is 32.6 Å². The minimum Gasteiger partial charge on any atom is -0.318 e. The van der Waals surface area contributed by atoms with Gasteiger partial charge >= 0.3 is 0 Å². The van der Waals surface area contributed by atoms with Crippen molar-refractivity contribution < 1.29 is 0 Å². The van der Waals surface area contributed by atoms with Gasteiger partial charge in [0.15, 0.2) is 0 Å². The van der Waals surface area contributed by atoms with Crippen LogP contribution in [0.4, 0.5) is 0 Å². The second-order valence-corrected chi connectivity index (χ2v) is 3.74. The largest absolute Gasteiger partial charge is 0.318 e. The number of likely N-dealkylation sites (tertiary alicyclic amines) is 1. The fourth-order valence-corrected chi connectivity index (χ4v) is 2.11. The molecule has 2 nitrogen and oxygen atoms in total. The molecule has 0 unspecified atom stereocenters. The Hall–Kier alpha value is -0.0800. The van der Waals surface area contributed by atoms with Crippen LogP contribution < -0.4 is 5.32 Å². The third kappa shape index (κ3) is 2.76. The zero-order valence-electron chi connectivity index (χ0n) is 8.47. The molecule has 0 saturated carbocycles. The van der Waals surface area contributed by atoms with Gasteiger partial charge in [0.1, 0.15) is 0 Å². The van der Waals surface area contributed by atoms with E-state index in [0.717, 1.165) is 6.04 Å². The number of likely N-dealkylation sites (N-methyl/N-ethyl adjacent to an activating group) is 1. The Bertz CT molecular complexity index is 96.4. The molecule has 1 aliphatic heterocycles. The van der Waals surface area contributed by atoms with Gasteiger partial charge in [-0.25, -0.2) is 0 Å². The van der Waals surface area contributed by atoms with Crippen molar-refractivity contribution >= 4 is 0 Å². The predicted octanol–water partition coefficient (Wildman–Crippen LogP) is 1.47. The van der Waals surface area contributed by atoms with E-state index in [-0.39, 0.29) is 0 Å². The first kappa shape index (κ1) is 10.0. The molecule has 1 aliphatic rings. The first-order chi connectivity index (χ1) is 5.88. The van der Waals surface area contributed by atoms with E-state index in [1.54, 1.807) is 0 Å². The van der Waals surface area contributed by atoms with Gasteiger partial charge in [-0.2, -0.15) is 0 Å². The lowest BCUT2D eigenvalue weighted by atomic mass is 10.0. The van der Waals surface area contributed by atoms with Gasteiger partial charge in [-0.3, -0.25) is 4.90 Å². The minimum atomic E-state index is 0.809. The molecule has 1 N–H and O–H groups in total. The fourth-order valence-electron chi connectivity index (χ4n) is 2.11. The van der Waals surface area contributed by atoms with Crippen molar-refractivity contribution in [3.63, 3.8) is 0 Å². The molecular formula is C10H22N2. The fraction of sp³-hybridized carbons (Fsp3) is 1.00. The number of nitrogens with zero attached hydrogens (tertiary/aromatic N) is 1. The molecule has 72 valence electrons. The maximum absolute atomic E-state index is 3.28. The lowest BCUT2D eigenvalue weighted by Gasteiger charge is -2.35. The number of hydrogen-bond acceptors (Lipinski definition) is 2. The van der Waals surface area contributed by atoms with Crippen molar-refractivity contribution in [2.45, 2.75) is 38.6 Å². The van der Waals surface area contributed by atoms with Crippen molar-refractivity contribution in [2.24, 2.45) is 0 Å². The van der Waals surface area contributed by atoms with Crippen molar-refractivity contribution in [1.29, 1.82) is 0 Å².